The van der Waals surface area contributed by atoms with Crippen molar-refractivity contribution in [3.63, 3.8) is 0 Å². The summed E-state index contributed by atoms with van der Waals surface area (Å²) in [6.07, 6.45) is 4.93. The minimum absolute atomic E-state index is 0.000574. The van der Waals surface area contributed by atoms with Gasteiger partial charge in [0.2, 0.25) is 0 Å². The van der Waals surface area contributed by atoms with Gasteiger partial charge in [0.05, 0.1) is 5.60 Å². The number of methoxy groups -OCH3 is 1. The van der Waals surface area contributed by atoms with Crippen molar-refractivity contribution in [1.29, 1.82) is 0 Å². The van der Waals surface area contributed by atoms with Crippen LogP contribution in [0.2, 0.25) is 0 Å². The quantitative estimate of drug-likeness (QED) is 0.652. The van der Waals surface area contributed by atoms with E-state index in [9.17, 15) is 0 Å². The summed E-state index contributed by atoms with van der Waals surface area (Å²) in [7, 11) is 1.79. The summed E-state index contributed by atoms with van der Waals surface area (Å²) < 4.78 is 5.45. The van der Waals surface area contributed by atoms with E-state index < -0.39 is 0 Å². The maximum absolute atomic E-state index is 5.45. The maximum Gasteiger partial charge on any atom is 0.0637 e. The molecule has 0 rings (SSSR count). The van der Waals surface area contributed by atoms with Crippen LogP contribution in [-0.4, -0.2) is 25.3 Å². The number of ether oxygens (including phenoxy) is 1. The van der Waals surface area contributed by atoms with Crippen LogP contribution in [0.5, 0.6) is 0 Å². The fourth-order valence-electron chi connectivity index (χ4n) is 1.69. The molecule has 1 N–H and O–H groups in total. The summed E-state index contributed by atoms with van der Waals surface area (Å²) in [5.74, 6) is 0. The third-order valence-electron chi connectivity index (χ3n) is 2.69. The van der Waals surface area contributed by atoms with Crippen LogP contribution in [-0.2, 0) is 4.74 Å². The third-order valence-corrected chi connectivity index (χ3v) is 2.69. The topological polar surface area (TPSA) is 21.3 Å². The second-order valence-electron chi connectivity index (χ2n) is 4.56. The maximum atomic E-state index is 5.45. The first-order valence-electron chi connectivity index (χ1n) is 5.84. The minimum atomic E-state index is 0.000574. The Hall–Kier alpha value is -0.0800. The summed E-state index contributed by atoms with van der Waals surface area (Å²) >= 11 is 0. The monoisotopic (exact) mass is 201 g/mol. The van der Waals surface area contributed by atoms with E-state index in [1.54, 1.807) is 7.11 Å². The summed E-state index contributed by atoms with van der Waals surface area (Å²) in [5, 5.41) is 3.53. The lowest BCUT2D eigenvalue weighted by Gasteiger charge is -2.29. The second kappa shape index (κ2) is 7.24. The zero-order chi connectivity index (χ0) is 11.0. The van der Waals surface area contributed by atoms with Gasteiger partial charge in [-0.25, -0.2) is 0 Å². The van der Waals surface area contributed by atoms with E-state index >= 15 is 0 Å². The molecule has 0 aromatic rings. The van der Waals surface area contributed by atoms with E-state index in [0.29, 0.717) is 6.04 Å². The molecule has 86 valence electrons. The Balaban J connectivity index is 3.94. The number of nitrogens with one attached hydrogen (secondary N) is 1. The van der Waals surface area contributed by atoms with Crippen LogP contribution in [0.3, 0.4) is 0 Å². The van der Waals surface area contributed by atoms with E-state index in [2.05, 4.69) is 33.0 Å². The molecule has 0 saturated heterocycles. The fourth-order valence-corrected chi connectivity index (χ4v) is 1.69. The van der Waals surface area contributed by atoms with Gasteiger partial charge in [0.25, 0.3) is 0 Å². The molecule has 0 radical (unpaired) electrons. The Bertz CT molecular complexity index is 134. The number of hydrogen-bond donors (Lipinski definition) is 1. The highest BCUT2D eigenvalue weighted by molar-refractivity contribution is 4.77. The van der Waals surface area contributed by atoms with E-state index in [1.807, 2.05) is 0 Å². The lowest BCUT2D eigenvalue weighted by Crippen LogP contribution is -2.37. The summed E-state index contributed by atoms with van der Waals surface area (Å²) in [4.78, 5) is 0. The van der Waals surface area contributed by atoms with Gasteiger partial charge in [-0.15, -0.1) is 0 Å². The lowest BCUT2D eigenvalue weighted by molar-refractivity contribution is 0.00636. The van der Waals surface area contributed by atoms with Crippen LogP contribution < -0.4 is 5.32 Å². The Morgan fingerprint density at radius 3 is 2.36 bits per heavy atom. The van der Waals surface area contributed by atoms with Gasteiger partial charge < -0.3 is 10.1 Å². The van der Waals surface area contributed by atoms with Crippen molar-refractivity contribution < 1.29 is 4.74 Å². The van der Waals surface area contributed by atoms with Crippen molar-refractivity contribution in [1.82, 2.24) is 5.32 Å². The van der Waals surface area contributed by atoms with Gasteiger partial charge in [0.15, 0.2) is 0 Å². The normalized spacial score (nSPS) is 14.4. The van der Waals surface area contributed by atoms with Crippen molar-refractivity contribution in [2.45, 2.75) is 65.0 Å². The van der Waals surface area contributed by atoms with Crippen LogP contribution in [0.25, 0.3) is 0 Å². The molecule has 0 aromatic heterocycles. The summed E-state index contributed by atoms with van der Waals surface area (Å²) in [6.45, 7) is 9.77. The number of unbranched alkanes of at least 4 members (excludes halogenated alkanes) is 1. The molecule has 1 unspecified atom stereocenters. The van der Waals surface area contributed by atoms with Crippen LogP contribution in [0.15, 0.2) is 0 Å². The molecule has 14 heavy (non-hydrogen) atoms. The van der Waals surface area contributed by atoms with E-state index in [-0.39, 0.29) is 5.60 Å². The van der Waals surface area contributed by atoms with Crippen molar-refractivity contribution in [3.05, 3.63) is 0 Å². The molecule has 0 fully saturated rings. The molecule has 0 aromatic carbocycles. The molecular weight excluding hydrogens is 174 g/mol. The highest BCUT2D eigenvalue weighted by Gasteiger charge is 2.21. The first kappa shape index (κ1) is 13.9. The van der Waals surface area contributed by atoms with Gasteiger partial charge in [-0.1, -0.05) is 26.7 Å². The summed E-state index contributed by atoms with van der Waals surface area (Å²) in [6, 6.07) is 0.606. The van der Waals surface area contributed by atoms with Crippen molar-refractivity contribution in [3.8, 4) is 0 Å². The first-order valence-corrected chi connectivity index (χ1v) is 5.84. The molecule has 0 bridgehead atoms. The minimum Gasteiger partial charge on any atom is -0.379 e. The predicted molar refractivity (Wildman–Crippen MR) is 62.7 cm³/mol. The first-order chi connectivity index (χ1) is 6.55. The SMILES string of the molecule is CCCCC(CC(C)(C)OC)NCC. The highest BCUT2D eigenvalue weighted by atomic mass is 16.5. The predicted octanol–water partition coefficient (Wildman–Crippen LogP) is 2.97. The fraction of sp³-hybridized carbons (Fsp3) is 1.00. The summed E-state index contributed by atoms with van der Waals surface area (Å²) in [5.41, 5.74) is 0.000574. The Morgan fingerprint density at radius 2 is 1.93 bits per heavy atom. The van der Waals surface area contributed by atoms with Crippen LogP contribution in [0, 0.1) is 0 Å². The van der Waals surface area contributed by atoms with Gasteiger partial charge in [-0.2, -0.15) is 0 Å². The van der Waals surface area contributed by atoms with E-state index in [0.717, 1.165) is 13.0 Å². The van der Waals surface area contributed by atoms with Gasteiger partial charge in [0, 0.05) is 13.2 Å². The van der Waals surface area contributed by atoms with Crippen LogP contribution in [0.4, 0.5) is 0 Å². The van der Waals surface area contributed by atoms with Gasteiger partial charge >= 0.3 is 0 Å². The van der Waals surface area contributed by atoms with Crippen molar-refractivity contribution in [2.24, 2.45) is 0 Å². The van der Waals surface area contributed by atoms with E-state index in [4.69, 9.17) is 4.74 Å². The standard InChI is InChI=1S/C12H27NO/c1-6-8-9-11(13-7-2)10-12(3,4)14-5/h11,13H,6-10H2,1-5H3. The van der Waals surface area contributed by atoms with Gasteiger partial charge in [-0.05, 0) is 33.2 Å². The molecule has 0 aliphatic carbocycles. The molecular formula is C12H27NO. The Kier molecular flexibility index (Phi) is 7.20. The highest BCUT2D eigenvalue weighted by Crippen LogP contribution is 2.18. The third kappa shape index (κ3) is 6.39. The smallest absolute Gasteiger partial charge is 0.0637 e. The molecule has 0 saturated carbocycles. The Morgan fingerprint density at radius 1 is 1.29 bits per heavy atom. The van der Waals surface area contributed by atoms with Crippen LogP contribution >= 0.6 is 0 Å². The zero-order valence-corrected chi connectivity index (χ0v) is 10.5. The number of hydrogen-bond acceptors (Lipinski definition) is 2. The second-order valence-corrected chi connectivity index (χ2v) is 4.56. The molecule has 0 aliphatic heterocycles. The van der Waals surface area contributed by atoms with Crippen molar-refractivity contribution >= 4 is 0 Å². The largest absolute Gasteiger partial charge is 0.379 e. The molecule has 0 spiro atoms. The number of rotatable bonds is 8. The average Bonchev–Trinajstić information content (AvgIpc) is 2.14. The van der Waals surface area contributed by atoms with Crippen LogP contribution in [0.1, 0.15) is 53.4 Å². The molecule has 1 atom stereocenters. The Labute approximate surface area is 89.4 Å². The molecule has 0 aliphatic rings. The van der Waals surface area contributed by atoms with E-state index in [1.165, 1.54) is 19.3 Å². The van der Waals surface area contributed by atoms with Gasteiger partial charge in [-0.3, -0.25) is 0 Å². The molecule has 2 heteroatoms. The lowest BCUT2D eigenvalue weighted by atomic mass is 9.95. The molecule has 2 nitrogen and oxygen atoms in total. The van der Waals surface area contributed by atoms with Crippen molar-refractivity contribution in [2.75, 3.05) is 13.7 Å². The molecule has 0 heterocycles. The average molecular weight is 201 g/mol. The van der Waals surface area contributed by atoms with Gasteiger partial charge in [0.1, 0.15) is 0 Å². The zero-order valence-electron chi connectivity index (χ0n) is 10.5. The molecule has 0 amide bonds.